The number of benzene rings is 1. The van der Waals surface area contributed by atoms with Crippen LogP contribution in [0.25, 0.3) is 0 Å². The lowest BCUT2D eigenvalue weighted by atomic mass is 9.96. The third kappa shape index (κ3) is 3.97. The number of amides is 1. The number of likely N-dealkylation sites (tertiary alicyclic amines) is 1. The number of carbonyl (C=O) groups excluding carboxylic acids is 3. The summed E-state index contributed by atoms with van der Waals surface area (Å²) in [5, 5.41) is 0. The molecule has 7 heteroatoms. The van der Waals surface area contributed by atoms with Gasteiger partial charge in [-0.2, -0.15) is 0 Å². The lowest BCUT2D eigenvalue weighted by molar-refractivity contribution is -0.164. The molecule has 2 heterocycles. The van der Waals surface area contributed by atoms with E-state index in [1.54, 1.807) is 11.8 Å². The molecule has 0 saturated carbocycles. The molecule has 1 aromatic carbocycles. The van der Waals surface area contributed by atoms with Crippen LogP contribution in [0.15, 0.2) is 24.3 Å². The van der Waals surface area contributed by atoms with E-state index in [4.69, 9.17) is 9.47 Å². The van der Waals surface area contributed by atoms with E-state index in [-0.39, 0.29) is 17.9 Å². The average Bonchev–Trinajstić information content (AvgIpc) is 2.92. The highest BCUT2D eigenvalue weighted by molar-refractivity contribution is 5.94. The fraction of sp³-hybridized carbons (Fsp3) is 0.500. The normalized spacial score (nSPS) is 24.1. The lowest BCUT2D eigenvalue weighted by Gasteiger charge is -2.31. The van der Waals surface area contributed by atoms with Crippen molar-refractivity contribution in [2.45, 2.75) is 38.4 Å². The van der Waals surface area contributed by atoms with Crippen LogP contribution in [-0.2, 0) is 19.1 Å². The van der Waals surface area contributed by atoms with E-state index in [0.717, 1.165) is 0 Å². The second-order valence-electron chi connectivity index (χ2n) is 6.48. The largest absolute Gasteiger partial charge is 0.460 e. The highest BCUT2D eigenvalue weighted by Crippen LogP contribution is 2.24. The Bertz CT molecular complexity index is 667. The Morgan fingerprint density at radius 1 is 1.20 bits per heavy atom. The maximum absolute atomic E-state index is 12.9. The third-order valence-electron chi connectivity index (χ3n) is 4.59. The number of carbonyl (C=O) groups is 3. The topological polar surface area (TPSA) is 72.9 Å². The Morgan fingerprint density at radius 3 is 2.40 bits per heavy atom. The van der Waals surface area contributed by atoms with E-state index < -0.39 is 23.9 Å². The van der Waals surface area contributed by atoms with Crippen molar-refractivity contribution >= 4 is 17.8 Å². The Labute approximate surface area is 144 Å². The maximum Gasteiger partial charge on any atom is 0.347 e. The Kier molecular flexibility index (Phi) is 5.01. The van der Waals surface area contributed by atoms with Gasteiger partial charge in [0.25, 0.3) is 5.91 Å². The highest BCUT2D eigenvalue weighted by Gasteiger charge is 2.37. The molecule has 2 aliphatic heterocycles. The van der Waals surface area contributed by atoms with Crippen LogP contribution in [0.4, 0.5) is 4.39 Å². The van der Waals surface area contributed by atoms with Crippen molar-refractivity contribution in [2.24, 2.45) is 5.92 Å². The van der Waals surface area contributed by atoms with Gasteiger partial charge in [-0.1, -0.05) is 0 Å². The average molecular weight is 349 g/mol. The minimum atomic E-state index is -0.818. The zero-order valence-electron chi connectivity index (χ0n) is 13.9. The molecule has 134 valence electrons. The van der Waals surface area contributed by atoms with Gasteiger partial charge >= 0.3 is 11.9 Å². The molecule has 1 aromatic rings. The number of hydrogen-bond donors (Lipinski definition) is 0. The lowest BCUT2D eigenvalue weighted by Crippen LogP contribution is -2.41. The number of piperidine rings is 1. The van der Waals surface area contributed by atoms with E-state index in [9.17, 15) is 18.8 Å². The van der Waals surface area contributed by atoms with Crippen molar-refractivity contribution in [3.8, 4) is 0 Å². The van der Waals surface area contributed by atoms with Crippen molar-refractivity contribution in [1.82, 2.24) is 4.90 Å². The molecule has 0 N–H and O–H groups in total. The summed E-state index contributed by atoms with van der Waals surface area (Å²) in [5.41, 5.74) is 0.421. The fourth-order valence-corrected chi connectivity index (χ4v) is 3.15. The summed E-state index contributed by atoms with van der Waals surface area (Å²) < 4.78 is 23.2. The van der Waals surface area contributed by atoms with Gasteiger partial charge in [-0.15, -0.1) is 0 Å². The molecule has 0 bridgehead atoms. The van der Waals surface area contributed by atoms with Crippen molar-refractivity contribution in [1.29, 1.82) is 0 Å². The number of cyclic esters (lactones) is 1. The van der Waals surface area contributed by atoms with Gasteiger partial charge in [-0.05, 0) is 44.0 Å². The van der Waals surface area contributed by atoms with Gasteiger partial charge in [0, 0.05) is 25.1 Å². The van der Waals surface area contributed by atoms with E-state index in [2.05, 4.69) is 0 Å². The van der Waals surface area contributed by atoms with E-state index in [1.165, 1.54) is 24.3 Å². The number of ether oxygens (including phenoxy) is 2. The number of rotatable bonds is 3. The summed E-state index contributed by atoms with van der Waals surface area (Å²) in [6.45, 7) is 2.59. The minimum Gasteiger partial charge on any atom is -0.460 e. The Balaban J connectivity index is 1.51. The first-order valence-electron chi connectivity index (χ1n) is 8.40. The standard InChI is InChI=1S/C18H20FNO5/c1-11-10-15(18(23)24-11)25-17(22)13-6-8-20(9-7-13)16(21)12-2-4-14(19)5-3-12/h2-5,11,13,15H,6-10H2,1H3/t11-,15+/m1/s1. The predicted octanol–water partition coefficient (Wildman–Crippen LogP) is 1.93. The molecule has 0 aliphatic carbocycles. The zero-order valence-corrected chi connectivity index (χ0v) is 13.9. The predicted molar refractivity (Wildman–Crippen MR) is 85.1 cm³/mol. The van der Waals surface area contributed by atoms with Gasteiger partial charge in [0.1, 0.15) is 11.9 Å². The van der Waals surface area contributed by atoms with Gasteiger partial charge in [0.2, 0.25) is 6.10 Å². The third-order valence-corrected chi connectivity index (χ3v) is 4.59. The molecule has 0 spiro atoms. The summed E-state index contributed by atoms with van der Waals surface area (Å²) in [5.74, 6) is -1.81. The second-order valence-corrected chi connectivity index (χ2v) is 6.48. The van der Waals surface area contributed by atoms with Crippen LogP contribution in [0, 0.1) is 11.7 Å². The van der Waals surface area contributed by atoms with Crippen LogP contribution in [0.2, 0.25) is 0 Å². The summed E-state index contributed by atoms with van der Waals surface area (Å²) in [4.78, 5) is 37.8. The second kappa shape index (κ2) is 7.21. The van der Waals surface area contributed by atoms with Crippen molar-refractivity contribution < 1.29 is 28.2 Å². The first-order chi connectivity index (χ1) is 11.9. The van der Waals surface area contributed by atoms with Gasteiger partial charge in [-0.25, -0.2) is 9.18 Å². The molecule has 2 aliphatic rings. The first kappa shape index (κ1) is 17.4. The molecule has 25 heavy (non-hydrogen) atoms. The number of nitrogens with zero attached hydrogens (tertiary/aromatic N) is 1. The maximum atomic E-state index is 12.9. The Morgan fingerprint density at radius 2 is 1.84 bits per heavy atom. The van der Waals surface area contributed by atoms with Crippen molar-refractivity contribution in [3.05, 3.63) is 35.6 Å². The summed E-state index contributed by atoms with van der Waals surface area (Å²) in [6.07, 6.45) is 0.278. The van der Waals surface area contributed by atoms with E-state index in [1.807, 2.05) is 0 Å². The zero-order chi connectivity index (χ0) is 18.0. The monoisotopic (exact) mass is 349 g/mol. The molecule has 1 amide bonds. The van der Waals surface area contributed by atoms with Gasteiger partial charge in [0.05, 0.1) is 5.92 Å². The Hall–Kier alpha value is -2.44. The van der Waals surface area contributed by atoms with Crippen LogP contribution in [-0.4, -0.2) is 48.0 Å². The number of esters is 2. The summed E-state index contributed by atoms with van der Waals surface area (Å²) >= 11 is 0. The molecule has 0 aromatic heterocycles. The minimum absolute atomic E-state index is 0.181. The smallest absolute Gasteiger partial charge is 0.347 e. The quantitative estimate of drug-likeness (QED) is 0.780. The van der Waals surface area contributed by atoms with Crippen molar-refractivity contribution in [2.75, 3.05) is 13.1 Å². The number of halogens is 1. The van der Waals surface area contributed by atoms with E-state index >= 15 is 0 Å². The van der Waals surface area contributed by atoms with Crippen LogP contribution < -0.4 is 0 Å². The molecule has 3 rings (SSSR count). The van der Waals surface area contributed by atoms with Gasteiger partial charge in [-0.3, -0.25) is 9.59 Å². The fourth-order valence-electron chi connectivity index (χ4n) is 3.15. The molecule has 2 atom stereocenters. The van der Waals surface area contributed by atoms with Crippen LogP contribution >= 0.6 is 0 Å². The van der Waals surface area contributed by atoms with Crippen molar-refractivity contribution in [3.63, 3.8) is 0 Å². The SMILES string of the molecule is C[C@@H]1C[C@H](OC(=O)C2CCN(C(=O)c3ccc(F)cc3)CC2)C(=O)O1. The number of hydrogen-bond acceptors (Lipinski definition) is 5. The molecule has 2 saturated heterocycles. The summed E-state index contributed by atoms with van der Waals surface area (Å²) in [6, 6.07) is 5.40. The highest BCUT2D eigenvalue weighted by atomic mass is 19.1. The molecular weight excluding hydrogens is 329 g/mol. The van der Waals surface area contributed by atoms with Gasteiger partial charge in [0.15, 0.2) is 0 Å². The van der Waals surface area contributed by atoms with Crippen LogP contribution in [0.3, 0.4) is 0 Å². The van der Waals surface area contributed by atoms with Gasteiger partial charge < -0.3 is 14.4 Å². The molecule has 2 fully saturated rings. The molecule has 0 radical (unpaired) electrons. The molecule has 0 unspecified atom stereocenters. The molecular formula is C18H20FNO5. The van der Waals surface area contributed by atoms with Crippen LogP contribution in [0.5, 0.6) is 0 Å². The first-order valence-corrected chi connectivity index (χ1v) is 8.40. The summed E-state index contributed by atoms with van der Waals surface area (Å²) in [7, 11) is 0. The molecule has 6 nitrogen and oxygen atoms in total. The van der Waals surface area contributed by atoms with Crippen LogP contribution in [0.1, 0.15) is 36.5 Å². The van der Waals surface area contributed by atoms with E-state index in [0.29, 0.717) is 37.9 Å².